The maximum atomic E-state index is 12.5. The lowest BCUT2D eigenvalue weighted by Crippen LogP contribution is -2.41. The van der Waals surface area contributed by atoms with E-state index in [1.807, 2.05) is 19.1 Å². The molecule has 122 valence electrons. The number of nitrogens with zero attached hydrogens (tertiary/aromatic N) is 1. The maximum absolute atomic E-state index is 12.5. The van der Waals surface area contributed by atoms with Crippen LogP contribution in [0.1, 0.15) is 24.5 Å². The van der Waals surface area contributed by atoms with Crippen molar-refractivity contribution in [3.8, 4) is 0 Å². The summed E-state index contributed by atoms with van der Waals surface area (Å²) < 4.78 is 23.1. The first-order valence-electron chi connectivity index (χ1n) is 7.43. The highest BCUT2D eigenvalue weighted by molar-refractivity contribution is 7.99. The normalized spacial score (nSPS) is 21.5. The number of hydrogen-bond acceptors (Lipinski definition) is 4. The molecule has 1 heterocycles. The Bertz CT molecular complexity index is 643. The number of carbonyl (C=O) groups excluding carboxylic acids is 1. The topological polar surface area (TPSA) is 54.5 Å². The number of thioether (sulfide) groups is 1. The van der Waals surface area contributed by atoms with Crippen molar-refractivity contribution in [2.45, 2.75) is 37.3 Å². The van der Waals surface area contributed by atoms with Gasteiger partial charge in [-0.05, 0) is 31.4 Å². The summed E-state index contributed by atoms with van der Waals surface area (Å²) in [5.74, 6) is 1.10. The van der Waals surface area contributed by atoms with Gasteiger partial charge in [0.1, 0.15) is 0 Å². The molecule has 0 bridgehead atoms. The Hall–Kier alpha value is -1.01. The van der Waals surface area contributed by atoms with E-state index >= 15 is 0 Å². The van der Waals surface area contributed by atoms with Crippen molar-refractivity contribution in [1.29, 1.82) is 0 Å². The molecule has 2 unspecified atom stereocenters. The zero-order valence-corrected chi connectivity index (χ0v) is 14.9. The van der Waals surface area contributed by atoms with Gasteiger partial charge in [0.05, 0.1) is 16.8 Å². The van der Waals surface area contributed by atoms with Gasteiger partial charge in [0.25, 0.3) is 0 Å². The van der Waals surface area contributed by atoms with Crippen molar-refractivity contribution in [3.05, 3.63) is 35.4 Å². The minimum absolute atomic E-state index is 0.0145. The van der Waals surface area contributed by atoms with Crippen LogP contribution in [-0.2, 0) is 20.4 Å². The van der Waals surface area contributed by atoms with Gasteiger partial charge >= 0.3 is 0 Å². The predicted octanol–water partition coefficient (Wildman–Crippen LogP) is 2.26. The lowest BCUT2D eigenvalue weighted by molar-refractivity contribution is -0.130. The standard InChI is InChI=1S/C16H23NO3S2/c1-12-6-4-5-7-14(12)10-21-13(2)16(18)17(3)15-8-9-22(19,20)11-15/h4-7,13,15H,8-11H2,1-3H3. The Kier molecular flexibility index (Phi) is 5.55. The average Bonchev–Trinajstić information content (AvgIpc) is 2.84. The number of sulfone groups is 1. The van der Waals surface area contributed by atoms with Crippen molar-refractivity contribution in [3.63, 3.8) is 0 Å². The van der Waals surface area contributed by atoms with Crippen molar-refractivity contribution in [2.24, 2.45) is 0 Å². The highest BCUT2D eigenvalue weighted by atomic mass is 32.2. The van der Waals surface area contributed by atoms with Gasteiger partial charge in [0, 0.05) is 18.8 Å². The van der Waals surface area contributed by atoms with Crippen LogP contribution in [0.2, 0.25) is 0 Å². The second-order valence-electron chi connectivity index (χ2n) is 5.89. The summed E-state index contributed by atoms with van der Waals surface area (Å²) in [6.07, 6.45) is 0.555. The fourth-order valence-corrected chi connectivity index (χ4v) is 5.44. The van der Waals surface area contributed by atoms with Gasteiger partial charge in [-0.2, -0.15) is 0 Å². The Morgan fingerprint density at radius 2 is 2.09 bits per heavy atom. The first-order chi connectivity index (χ1) is 10.3. The fourth-order valence-electron chi connectivity index (χ4n) is 2.61. The molecular weight excluding hydrogens is 318 g/mol. The van der Waals surface area contributed by atoms with E-state index in [1.54, 1.807) is 23.7 Å². The van der Waals surface area contributed by atoms with Crippen molar-refractivity contribution in [1.82, 2.24) is 4.90 Å². The van der Waals surface area contributed by atoms with Crippen LogP contribution in [-0.4, -0.2) is 49.1 Å². The van der Waals surface area contributed by atoms with Crippen LogP contribution in [0.15, 0.2) is 24.3 Å². The number of hydrogen-bond donors (Lipinski definition) is 0. The SMILES string of the molecule is Cc1ccccc1CSC(C)C(=O)N(C)C1CCS(=O)(=O)C1. The third-order valence-corrected chi connectivity index (χ3v) is 7.13. The summed E-state index contributed by atoms with van der Waals surface area (Å²) in [6, 6.07) is 7.99. The van der Waals surface area contributed by atoms with E-state index < -0.39 is 9.84 Å². The van der Waals surface area contributed by atoms with Crippen LogP contribution in [0.25, 0.3) is 0 Å². The summed E-state index contributed by atoms with van der Waals surface area (Å²) in [4.78, 5) is 14.1. The number of carbonyl (C=O) groups is 1. The Morgan fingerprint density at radius 1 is 1.41 bits per heavy atom. The molecule has 1 amide bonds. The van der Waals surface area contributed by atoms with Crippen molar-refractivity contribution < 1.29 is 13.2 Å². The molecule has 2 atom stereocenters. The summed E-state index contributed by atoms with van der Waals surface area (Å²) in [6.45, 7) is 3.96. The smallest absolute Gasteiger partial charge is 0.235 e. The predicted molar refractivity (Wildman–Crippen MR) is 91.8 cm³/mol. The molecule has 22 heavy (non-hydrogen) atoms. The molecule has 0 N–H and O–H groups in total. The molecule has 1 fully saturated rings. The highest BCUT2D eigenvalue weighted by Crippen LogP contribution is 2.24. The molecule has 0 aliphatic carbocycles. The third-order valence-electron chi connectivity index (χ3n) is 4.20. The van der Waals surface area contributed by atoms with Crippen LogP contribution >= 0.6 is 11.8 Å². The van der Waals surface area contributed by atoms with Gasteiger partial charge < -0.3 is 4.90 Å². The summed E-state index contributed by atoms with van der Waals surface area (Å²) in [5, 5.41) is -0.173. The lowest BCUT2D eigenvalue weighted by Gasteiger charge is -2.26. The van der Waals surface area contributed by atoms with E-state index in [2.05, 4.69) is 19.1 Å². The highest BCUT2D eigenvalue weighted by Gasteiger charge is 2.34. The van der Waals surface area contributed by atoms with Crippen LogP contribution in [0, 0.1) is 6.92 Å². The van der Waals surface area contributed by atoms with Crippen molar-refractivity contribution in [2.75, 3.05) is 18.6 Å². The van der Waals surface area contributed by atoms with Crippen LogP contribution in [0.4, 0.5) is 0 Å². The molecule has 4 nitrogen and oxygen atoms in total. The van der Waals surface area contributed by atoms with Gasteiger partial charge in [0.2, 0.25) is 5.91 Å². The van der Waals surface area contributed by atoms with Gasteiger partial charge in [0.15, 0.2) is 9.84 Å². The largest absolute Gasteiger partial charge is 0.341 e. The van der Waals surface area contributed by atoms with Gasteiger partial charge in [-0.25, -0.2) is 8.42 Å². The average molecular weight is 341 g/mol. The quantitative estimate of drug-likeness (QED) is 0.824. The van der Waals surface area contributed by atoms with Gasteiger partial charge in [-0.3, -0.25) is 4.79 Å². The number of rotatable bonds is 5. The van der Waals surface area contributed by atoms with E-state index in [1.165, 1.54) is 11.1 Å². The third kappa shape index (κ3) is 4.26. The number of amides is 1. The van der Waals surface area contributed by atoms with Crippen LogP contribution < -0.4 is 0 Å². The Morgan fingerprint density at radius 3 is 2.68 bits per heavy atom. The Labute approximate surface area is 137 Å². The minimum Gasteiger partial charge on any atom is -0.341 e. The lowest BCUT2D eigenvalue weighted by atomic mass is 10.1. The molecule has 6 heteroatoms. The molecule has 0 spiro atoms. The molecule has 1 aliphatic heterocycles. The Balaban J connectivity index is 1.91. The van der Waals surface area contributed by atoms with E-state index in [-0.39, 0.29) is 28.7 Å². The molecule has 0 saturated carbocycles. The van der Waals surface area contributed by atoms with Crippen molar-refractivity contribution >= 4 is 27.5 Å². The molecule has 2 rings (SSSR count). The van der Waals surface area contributed by atoms with E-state index in [4.69, 9.17) is 0 Å². The molecule has 1 saturated heterocycles. The van der Waals surface area contributed by atoms with E-state index in [9.17, 15) is 13.2 Å². The van der Waals surface area contributed by atoms with E-state index in [0.717, 1.165) is 5.75 Å². The summed E-state index contributed by atoms with van der Waals surface area (Å²) >= 11 is 1.60. The van der Waals surface area contributed by atoms with Crippen LogP contribution in [0.3, 0.4) is 0 Å². The second-order valence-corrected chi connectivity index (χ2v) is 9.44. The molecule has 0 radical (unpaired) electrons. The monoisotopic (exact) mass is 341 g/mol. The van der Waals surface area contributed by atoms with Gasteiger partial charge in [-0.1, -0.05) is 24.3 Å². The van der Waals surface area contributed by atoms with E-state index in [0.29, 0.717) is 6.42 Å². The molecule has 0 aromatic heterocycles. The van der Waals surface area contributed by atoms with Gasteiger partial charge in [-0.15, -0.1) is 11.8 Å². The zero-order chi connectivity index (χ0) is 16.3. The number of aryl methyl sites for hydroxylation is 1. The number of benzene rings is 1. The zero-order valence-electron chi connectivity index (χ0n) is 13.3. The minimum atomic E-state index is -2.96. The first-order valence-corrected chi connectivity index (χ1v) is 10.3. The molecule has 1 aliphatic rings. The maximum Gasteiger partial charge on any atom is 0.235 e. The summed E-state index contributed by atoms with van der Waals surface area (Å²) in [7, 11) is -1.24. The first kappa shape index (κ1) is 17.3. The fraction of sp³-hybridized carbons (Fsp3) is 0.562. The molecule has 1 aromatic rings. The second kappa shape index (κ2) is 7.04. The van der Waals surface area contributed by atoms with Crippen LogP contribution in [0.5, 0.6) is 0 Å². The summed E-state index contributed by atoms with van der Waals surface area (Å²) in [5.41, 5.74) is 2.46. The molecular formula is C16H23NO3S2. The molecule has 1 aromatic carbocycles.